The van der Waals surface area contributed by atoms with Gasteiger partial charge in [0.15, 0.2) is 0 Å². The van der Waals surface area contributed by atoms with Crippen molar-refractivity contribution in [3.63, 3.8) is 0 Å². The fourth-order valence-electron chi connectivity index (χ4n) is 2.57. The molecule has 0 aliphatic rings. The van der Waals surface area contributed by atoms with Crippen LogP contribution in [0.15, 0.2) is 0 Å². The number of unbranched alkanes of at least 4 members (excludes halogenated alkanes) is 2. The van der Waals surface area contributed by atoms with E-state index in [2.05, 4.69) is 32.7 Å². The van der Waals surface area contributed by atoms with E-state index < -0.39 is 0 Å². The Morgan fingerprint density at radius 3 is 2.04 bits per heavy atom. The predicted molar refractivity (Wildman–Crippen MR) is 111 cm³/mol. The smallest absolute Gasteiger partial charge is 0.0936 e. The summed E-state index contributed by atoms with van der Waals surface area (Å²) < 4.78 is 27.7. The first kappa shape index (κ1) is 26.8. The lowest BCUT2D eigenvalue weighted by atomic mass is 10.1. The highest BCUT2D eigenvalue weighted by Crippen LogP contribution is 2.08. The van der Waals surface area contributed by atoms with Crippen LogP contribution in [-0.2, 0) is 23.7 Å². The van der Waals surface area contributed by atoms with Crippen LogP contribution in [0.1, 0.15) is 52.9 Å². The molecule has 2 unspecified atom stereocenters. The Labute approximate surface area is 167 Å². The van der Waals surface area contributed by atoms with Gasteiger partial charge < -0.3 is 28.6 Å². The molecule has 0 radical (unpaired) electrons. The van der Waals surface area contributed by atoms with Gasteiger partial charge in [-0.1, -0.05) is 33.1 Å². The van der Waals surface area contributed by atoms with E-state index in [9.17, 15) is 0 Å². The van der Waals surface area contributed by atoms with Gasteiger partial charge in [-0.15, -0.1) is 0 Å². The Balaban J connectivity index is 4.00. The molecule has 0 saturated heterocycles. The van der Waals surface area contributed by atoms with Gasteiger partial charge in [-0.25, -0.2) is 0 Å². The van der Waals surface area contributed by atoms with Gasteiger partial charge in [0.25, 0.3) is 0 Å². The predicted octanol–water partition coefficient (Wildman–Crippen LogP) is 3.38. The monoisotopic (exact) mass is 391 g/mol. The fraction of sp³-hybridized carbons (Fsp3) is 1.00. The summed E-state index contributed by atoms with van der Waals surface area (Å²) in [5.41, 5.74) is 0. The topological polar surface area (TPSA) is 49.4 Å². The highest BCUT2D eigenvalue weighted by atomic mass is 16.6. The van der Waals surface area contributed by atoms with Crippen molar-refractivity contribution in [1.29, 1.82) is 0 Å². The van der Waals surface area contributed by atoms with E-state index >= 15 is 0 Å². The summed E-state index contributed by atoms with van der Waals surface area (Å²) in [6.45, 7) is 12.6. The molecule has 0 amide bonds. The van der Waals surface area contributed by atoms with Crippen LogP contribution in [0.2, 0.25) is 0 Å². The zero-order valence-electron chi connectivity index (χ0n) is 18.5. The van der Waals surface area contributed by atoms with Crippen molar-refractivity contribution in [2.75, 3.05) is 73.6 Å². The van der Waals surface area contributed by atoms with Crippen LogP contribution in [-0.4, -0.2) is 90.6 Å². The SMILES string of the molecule is CCCCOCC(CN(C)C(C)CCCC)OCCOCCOCCOC. The molecule has 0 aromatic rings. The molecule has 0 fully saturated rings. The first-order valence-electron chi connectivity index (χ1n) is 10.7. The number of nitrogens with zero attached hydrogens (tertiary/aromatic N) is 1. The third-order valence-corrected chi connectivity index (χ3v) is 4.55. The van der Waals surface area contributed by atoms with Gasteiger partial charge in [0, 0.05) is 26.3 Å². The first-order chi connectivity index (χ1) is 13.2. The molecule has 6 heteroatoms. The van der Waals surface area contributed by atoms with E-state index in [4.69, 9.17) is 23.7 Å². The Morgan fingerprint density at radius 2 is 1.41 bits per heavy atom. The standard InChI is InChI=1S/C21H45NO5/c1-6-8-10-20(3)22(4)18-21(19-26-11-9-7-2)27-17-16-25-15-14-24-13-12-23-5/h20-21H,6-19H2,1-5H3. The molecular weight excluding hydrogens is 346 g/mol. The van der Waals surface area contributed by atoms with Crippen molar-refractivity contribution in [1.82, 2.24) is 4.90 Å². The van der Waals surface area contributed by atoms with Gasteiger partial charge in [-0.05, 0) is 26.8 Å². The molecule has 0 aromatic carbocycles. The Hall–Kier alpha value is -0.240. The van der Waals surface area contributed by atoms with E-state index in [1.807, 2.05) is 0 Å². The van der Waals surface area contributed by atoms with E-state index in [1.54, 1.807) is 7.11 Å². The minimum Gasteiger partial charge on any atom is -0.382 e. The molecule has 0 aliphatic heterocycles. The zero-order valence-corrected chi connectivity index (χ0v) is 18.5. The quantitative estimate of drug-likeness (QED) is 0.280. The average Bonchev–Trinajstić information content (AvgIpc) is 2.67. The van der Waals surface area contributed by atoms with Crippen molar-refractivity contribution >= 4 is 0 Å². The van der Waals surface area contributed by atoms with Crippen molar-refractivity contribution in [3.05, 3.63) is 0 Å². The fourth-order valence-corrected chi connectivity index (χ4v) is 2.57. The summed E-state index contributed by atoms with van der Waals surface area (Å²) in [7, 11) is 3.85. The maximum absolute atomic E-state index is 6.04. The highest BCUT2D eigenvalue weighted by Gasteiger charge is 2.16. The van der Waals surface area contributed by atoms with Crippen LogP contribution in [0.25, 0.3) is 0 Å². The molecule has 0 N–H and O–H groups in total. The number of methoxy groups -OCH3 is 1. The van der Waals surface area contributed by atoms with Crippen molar-refractivity contribution in [2.45, 2.75) is 65.0 Å². The van der Waals surface area contributed by atoms with Crippen LogP contribution in [0, 0.1) is 0 Å². The number of hydrogen-bond acceptors (Lipinski definition) is 6. The van der Waals surface area contributed by atoms with E-state index in [0.29, 0.717) is 52.3 Å². The molecule has 0 aliphatic carbocycles. The maximum atomic E-state index is 6.04. The minimum absolute atomic E-state index is 0.0810. The van der Waals surface area contributed by atoms with Crippen LogP contribution >= 0.6 is 0 Å². The van der Waals surface area contributed by atoms with Gasteiger partial charge in [-0.3, -0.25) is 0 Å². The second-order valence-corrected chi connectivity index (χ2v) is 7.07. The third kappa shape index (κ3) is 17.6. The van der Waals surface area contributed by atoms with Gasteiger partial charge in [-0.2, -0.15) is 0 Å². The molecule has 0 rings (SSSR count). The Kier molecular flexibility index (Phi) is 20.3. The van der Waals surface area contributed by atoms with Gasteiger partial charge in [0.2, 0.25) is 0 Å². The maximum Gasteiger partial charge on any atom is 0.0936 e. The second kappa shape index (κ2) is 20.5. The van der Waals surface area contributed by atoms with E-state index in [1.165, 1.54) is 19.3 Å². The number of ether oxygens (including phenoxy) is 5. The van der Waals surface area contributed by atoms with Gasteiger partial charge in [0.1, 0.15) is 0 Å². The van der Waals surface area contributed by atoms with Crippen molar-refractivity contribution in [3.8, 4) is 0 Å². The van der Waals surface area contributed by atoms with Gasteiger partial charge >= 0.3 is 0 Å². The lowest BCUT2D eigenvalue weighted by molar-refractivity contribution is -0.0570. The number of rotatable bonds is 21. The average molecular weight is 392 g/mol. The molecule has 0 bridgehead atoms. The normalized spacial score (nSPS) is 14.0. The van der Waals surface area contributed by atoms with Crippen LogP contribution < -0.4 is 0 Å². The summed E-state index contributed by atoms with van der Waals surface area (Å²) in [6.07, 6.45) is 6.07. The molecule has 0 saturated carbocycles. The lowest BCUT2D eigenvalue weighted by Crippen LogP contribution is -2.39. The van der Waals surface area contributed by atoms with Crippen LogP contribution in [0.4, 0.5) is 0 Å². The Bertz CT molecular complexity index is 294. The minimum atomic E-state index is 0.0810. The largest absolute Gasteiger partial charge is 0.382 e. The van der Waals surface area contributed by atoms with Crippen molar-refractivity contribution in [2.24, 2.45) is 0 Å². The summed E-state index contributed by atoms with van der Waals surface area (Å²) in [5.74, 6) is 0. The van der Waals surface area contributed by atoms with Crippen molar-refractivity contribution < 1.29 is 23.7 Å². The summed E-state index contributed by atoms with van der Waals surface area (Å²) in [4.78, 5) is 2.38. The molecule has 0 aromatic heterocycles. The molecule has 27 heavy (non-hydrogen) atoms. The summed E-state index contributed by atoms with van der Waals surface area (Å²) in [5, 5.41) is 0. The molecule has 2 atom stereocenters. The summed E-state index contributed by atoms with van der Waals surface area (Å²) >= 11 is 0. The highest BCUT2D eigenvalue weighted by molar-refractivity contribution is 4.69. The zero-order chi connectivity index (χ0) is 20.2. The molecule has 0 heterocycles. The lowest BCUT2D eigenvalue weighted by Gasteiger charge is -2.29. The van der Waals surface area contributed by atoms with E-state index in [-0.39, 0.29) is 6.10 Å². The molecule has 164 valence electrons. The molecule has 0 spiro atoms. The van der Waals surface area contributed by atoms with Gasteiger partial charge in [0.05, 0.1) is 52.4 Å². The second-order valence-electron chi connectivity index (χ2n) is 7.07. The number of hydrogen-bond donors (Lipinski definition) is 0. The molecular formula is C21H45NO5. The summed E-state index contributed by atoms with van der Waals surface area (Å²) in [6, 6.07) is 0.562. The van der Waals surface area contributed by atoms with Crippen LogP contribution in [0.5, 0.6) is 0 Å². The van der Waals surface area contributed by atoms with Crippen LogP contribution in [0.3, 0.4) is 0 Å². The third-order valence-electron chi connectivity index (χ3n) is 4.55. The molecule has 6 nitrogen and oxygen atoms in total. The first-order valence-corrected chi connectivity index (χ1v) is 10.7. The Morgan fingerprint density at radius 1 is 0.778 bits per heavy atom. The van der Waals surface area contributed by atoms with E-state index in [0.717, 1.165) is 26.0 Å². The number of likely N-dealkylation sites (N-methyl/N-ethyl adjacent to an activating group) is 1.